The molecular weight excluding hydrogens is 279 g/mol. The third-order valence-corrected chi connectivity index (χ3v) is 3.75. The van der Waals surface area contributed by atoms with Gasteiger partial charge in [0.05, 0.1) is 2.88 Å². The van der Waals surface area contributed by atoms with E-state index >= 15 is 0 Å². The molecule has 1 heterocycles. The zero-order valence-corrected chi connectivity index (χ0v) is 9.30. The molecule has 0 atom stereocenters. The fraction of sp³-hybridized carbons (Fsp3) is 0. The minimum absolute atomic E-state index is 1.31. The van der Waals surface area contributed by atoms with E-state index in [1.165, 1.54) is 14.0 Å². The maximum Gasteiger partial charge on any atom is 0.0731 e. The van der Waals surface area contributed by atoms with Crippen molar-refractivity contribution >= 4 is 33.9 Å². The molecule has 0 saturated carbocycles. The molecule has 0 fully saturated rings. The van der Waals surface area contributed by atoms with Gasteiger partial charge in [0.25, 0.3) is 0 Å². The second-order valence-corrected chi connectivity index (χ2v) is 5.20. The molecule has 0 nitrogen and oxygen atoms in total. The van der Waals surface area contributed by atoms with E-state index in [0.717, 1.165) is 0 Å². The van der Waals surface area contributed by atoms with Crippen molar-refractivity contribution in [3.8, 4) is 11.1 Å². The molecule has 12 heavy (non-hydrogen) atoms. The lowest BCUT2D eigenvalue weighted by atomic mass is 10.1. The van der Waals surface area contributed by atoms with E-state index in [0.29, 0.717) is 0 Å². The third-order valence-electron chi connectivity index (χ3n) is 1.70. The molecule has 0 N–H and O–H groups in total. The summed E-state index contributed by atoms with van der Waals surface area (Å²) in [5.41, 5.74) is 2.66. The van der Waals surface area contributed by atoms with Crippen LogP contribution in [0.15, 0.2) is 41.8 Å². The summed E-state index contributed by atoms with van der Waals surface area (Å²) in [6.07, 6.45) is 0. The Hall–Kier alpha value is -0.350. The Bertz CT molecular complexity index is 364. The Balaban J connectivity index is 2.51. The second kappa shape index (κ2) is 3.58. The fourth-order valence-corrected chi connectivity index (χ4v) is 2.69. The molecule has 0 spiro atoms. The first kappa shape index (κ1) is 8.26. The molecule has 1 aromatic heterocycles. The highest BCUT2D eigenvalue weighted by molar-refractivity contribution is 14.1. The lowest BCUT2D eigenvalue weighted by Gasteiger charge is -1.96. The van der Waals surface area contributed by atoms with E-state index in [4.69, 9.17) is 0 Å². The number of hydrogen-bond acceptors (Lipinski definition) is 1. The summed E-state index contributed by atoms with van der Waals surface area (Å²) in [4.78, 5) is 0. The quantitative estimate of drug-likeness (QED) is 0.695. The normalized spacial score (nSPS) is 10.1. The van der Waals surface area contributed by atoms with Crippen molar-refractivity contribution in [2.75, 3.05) is 0 Å². The van der Waals surface area contributed by atoms with E-state index in [1.54, 1.807) is 11.3 Å². The van der Waals surface area contributed by atoms with Crippen LogP contribution in [0, 0.1) is 2.88 Å². The molecule has 0 unspecified atom stereocenters. The van der Waals surface area contributed by atoms with Gasteiger partial charge < -0.3 is 0 Å². The Morgan fingerprint density at radius 2 is 1.75 bits per heavy atom. The van der Waals surface area contributed by atoms with Gasteiger partial charge in [0.15, 0.2) is 0 Å². The van der Waals surface area contributed by atoms with Crippen LogP contribution >= 0.6 is 33.9 Å². The first-order valence-electron chi connectivity index (χ1n) is 3.66. The van der Waals surface area contributed by atoms with Crippen LogP contribution in [0.3, 0.4) is 0 Å². The Labute approximate surface area is 89.4 Å². The number of halogens is 1. The minimum atomic E-state index is 1.31. The summed E-state index contributed by atoms with van der Waals surface area (Å²) in [6, 6.07) is 12.6. The van der Waals surface area contributed by atoms with Crippen molar-refractivity contribution in [2.24, 2.45) is 0 Å². The molecule has 0 aliphatic carbocycles. The molecule has 60 valence electrons. The fourth-order valence-electron chi connectivity index (χ4n) is 1.12. The standard InChI is InChI=1S/C10H7IS/c11-10-9(6-7-12-10)8-4-2-1-3-5-8/h1-7H. The van der Waals surface area contributed by atoms with E-state index in [9.17, 15) is 0 Å². The highest BCUT2D eigenvalue weighted by atomic mass is 127. The van der Waals surface area contributed by atoms with E-state index < -0.39 is 0 Å². The predicted octanol–water partition coefficient (Wildman–Crippen LogP) is 4.02. The van der Waals surface area contributed by atoms with Crippen molar-refractivity contribution in [1.82, 2.24) is 0 Å². The van der Waals surface area contributed by atoms with Gasteiger partial charge in [-0.15, -0.1) is 11.3 Å². The van der Waals surface area contributed by atoms with Crippen LogP contribution < -0.4 is 0 Å². The maximum absolute atomic E-state index is 2.38. The monoisotopic (exact) mass is 286 g/mol. The van der Waals surface area contributed by atoms with Gasteiger partial charge in [0.2, 0.25) is 0 Å². The summed E-state index contributed by atoms with van der Waals surface area (Å²) >= 11 is 4.16. The number of benzene rings is 1. The van der Waals surface area contributed by atoms with E-state index in [1.807, 2.05) is 6.07 Å². The van der Waals surface area contributed by atoms with Crippen LogP contribution in [0.4, 0.5) is 0 Å². The minimum Gasteiger partial charge on any atom is -0.137 e. The molecule has 0 radical (unpaired) electrons. The molecule has 2 aromatic rings. The molecule has 0 aliphatic heterocycles. The maximum atomic E-state index is 2.38. The Kier molecular flexibility index (Phi) is 2.46. The van der Waals surface area contributed by atoms with Crippen LogP contribution in [-0.4, -0.2) is 0 Å². The first-order chi connectivity index (χ1) is 5.88. The van der Waals surface area contributed by atoms with Crippen LogP contribution in [0.2, 0.25) is 0 Å². The molecule has 2 heteroatoms. The molecule has 1 aromatic carbocycles. The van der Waals surface area contributed by atoms with Gasteiger partial charge in [0, 0.05) is 5.56 Å². The van der Waals surface area contributed by atoms with Gasteiger partial charge in [-0.2, -0.15) is 0 Å². The molecule has 0 bridgehead atoms. The number of hydrogen-bond donors (Lipinski definition) is 0. The predicted molar refractivity (Wildman–Crippen MR) is 62.5 cm³/mol. The zero-order valence-electron chi connectivity index (χ0n) is 6.33. The average Bonchev–Trinajstić information content (AvgIpc) is 2.53. The van der Waals surface area contributed by atoms with Gasteiger partial charge in [-0.05, 0) is 39.6 Å². The molecule has 2 rings (SSSR count). The lowest BCUT2D eigenvalue weighted by Crippen LogP contribution is -1.73. The van der Waals surface area contributed by atoms with Gasteiger partial charge in [-0.3, -0.25) is 0 Å². The largest absolute Gasteiger partial charge is 0.137 e. The first-order valence-corrected chi connectivity index (χ1v) is 5.62. The van der Waals surface area contributed by atoms with Crippen LogP contribution in [-0.2, 0) is 0 Å². The van der Waals surface area contributed by atoms with Crippen molar-refractivity contribution < 1.29 is 0 Å². The number of thiophene rings is 1. The van der Waals surface area contributed by atoms with Crippen LogP contribution in [0.5, 0.6) is 0 Å². The average molecular weight is 286 g/mol. The Morgan fingerprint density at radius 3 is 2.33 bits per heavy atom. The highest BCUT2D eigenvalue weighted by Crippen LogP contribution is 2.28. The lowest BCUT2D eigenvalue weighted by molar-refractivity contribution is 1.67. The Morgan fingerprint density at radius 1 is 1.00 bits per heavy atom. The second-order valence-electron chi connectivity index (χ2n) is 2.47. The summed E-state index contributed by atoms with van der Waals surface area (Å²) in [5, 5.41) is 2.13. The van der Waals surface area contributed by atoms with Crippen molar-refractivity contribution in [1.29, 1.82) is 0 Å². The van der Waals surface area contributed by atoms with E-state index in [-0.39, 0.29) is 0 Å². The highest BCUT2D eigenvalue weighted by Gasteiger charge is 2.01. The molecule has 0 amide bonds. The van der Waals surface area contributed by atoms with Crippen LogP contribution in [0.1, 0.15) is 0 Å². The molecule has 0 saturated heterocycles. The van der Waals surface area contributed by atoms with Crippen molar-refractivity contribution in [3.05, 3.63) is 44.7 Å². The SMILES string of the molecule is Ic1sccc1-c1ccccc1. The van der Waals surface area contributed by atoms with Gasteiger partial charge in [-0.1, -0.05) is 30.3 Å². The van der Waals surface area contributed by atoms with Crippen LogP contribution in [0.25, 0.3) is 11.1 Å². The van der Waals surface area contributed by atoms with Gasteiger partial charge in [-0.25, -0.2) is 0 Å². The summed E-state index contributed by atoms with van der Waals surface area (Å²) in [5.74, 6) is 0. The molecule has 0 aliphatic rings. The van der Waals surface area contributed by atoms with Crippen molar-refractivity contribution in [3.63, 3.8) is 0 Å². The summed E-state index contributed by atoms with van der Waals surface area (Å²) in [6.45, 7) is 0. The topological polar surface area (TPSA) is 0 Å². The van der Waals surface area contributed by atoms with Gasteiger partial charge in [0.1, 0.15) is 0 Å². The zero-order chi connectivity index (χ0) is 8.39. The van der Waals surface area contributed by atoms with Crippen molar-refractivity contribution in [2.45, 2.75) is 0 Å². The number of rotatable bonds is 1. The smallest absolute Gasteiger partial charge is 0.0731 e. The summed E-state index contributed by atoms with van der Waals surface area (Å²) in [7, 11) is 0. The third kappa shape index (κ3) is 1.54. The molecular formula is C10H7IS. The van der Waals surface area contributed by atoms with Gasteiger partial charge >= 0.3 is 0 Å². The summed E-state index contributed by atoms with van der Waals surface area (Å²) < 4.78 is 1.36. The van der Waals surface area contributed by atoms with E-state index in [2.05, 4.69) is 58.3 Å².